The molecule has 0 spiro atoms. The summed E-state index contributed by atoms with van der Waals surface area (Å²) in [5, 5.41) is 4.72. The molecular weight excluding hydrogens is 356 g/mol. The third kappa shape index (κ3) is 11.6. The van der Waals surface area contributed by atoms with E-state index in [0.717, 1.165) is 6.08 Å². The first kappa shape index (κ1) is 24.4. The minimum Gasteiger partial charge on any atom is -0.460 e. The Morgan fingerprint density at radius 1 is 0.963 bits per heavy atom. The molecule has 0 aliphatic rings. The maximum Gasteiger partial charge on any atom is 0.408 e. The van der Waals surface area contributed by atoms with Gasteiger partial charge in [0.1, 0.15) is 29.9 Å². The molecule has 0 bridgehead atoms. The van der Waals surface area contributed by atoms with Gasteiger partial charge in [0, 0.05) is 6.08 Å². The van der Waals surface area contributed by atoms with Crippen LogP contribution < -0.4 is 10.6 Å². The Balaban J connectivity index is 5.04. The summed E-state index contributed by atoms with van der Waals surface area (Å²) in [5.41, 5.74) is -1.50. The number of hydrogen-bond acceptors (Lipinski definition) is 7. The Morgan fingerprint density at radius 2 is 1.48 bits per heavy atom. The first-order valence-electron chi connectivity index (χ1n) is 8.46. The minimum absolute atomic E-state index is 0.461. The Hall–Kier alpha value is -2.58. The zero-order valence-corrected chi connectivity index (χ0v) is 17.0. The third-order valence-corrected chi connectivity index (χ3v) is 2.69. The van der Waals surface area contributed by atoms with Crippen molar-refractivity contribution in [2.75, 3.05) is 6.61 Å². The number of alkyl carbamates (subject to hydrolysis) is 1. The predicted molar refractivity (Wildman–Crippen MR) is 97.8 cm³/mol. The standard InChI is InChI=1S/C18H30N2O7/c1-9-13(21)25-10-12(20-16(24)27-18(6,7)8)14(22)19-11(2)15(23)26-17(3,4)5/h9,11-12H,1,10H2,2-8H3,(H,19,22)(H,20,24)/t11-,12-/m0/s1. The summed E-state index contributed by atoms with van der Waals surface area (Å²) in [6, 6.07) is -2.25. The number of amides is 2. The molecule has 0 aromatic carbocycles. The van der Waals surface area contributed by atoms with E-state index in [1.807, 2.05) is 0 Å². The van der Waals surface area contributed by atoms with Crippen LogP contribution in [0.4, 0.5) is 4.79 Å². The predicted octanol–water partition coefficient (Wildman–Crippen LogP) is 1.46. The van der Waals surface area contributed by atoms with Crippen molar-refractivity contribution in [2.45, 2.75) is 71.8 Å². The number of hydrogen-bond donors (Lipinski definition) is 2. The average molecular weight is 386 g/mol. The van der Waals surface area contributed by atoms with Crippen LogP contribution in [-0.2, 0) is 28.6 Å². The second-order valence-corrected chi connectivity index (χ2v) is 7.80. The van der Waals surface area contributed by atoms with Crippen LogP contribution >= 0.6 is 0 Å². The van der Waals surface area contributed by atoms with Crippen molar-refractivity contribution in [2.24, 2.45) is 0 Å². The molecule has 0 saturated carbocycles. The van der Waals surface area contributed by atoms with Gasteiger partial charge in [-0.3, -0.25) is 4.79 Å². The first-order valence-corrected chi connectivity index (χ1v) is 8.46. The topological polar surface area (TPSA) is 120 Å². The fraction of sp³-hybridized carbons (Fsp3) is 0.667. The van der Waals surface area contributed by atoms with Gasteiger partial charge in [-0.05, 0) is 48.5 Å². The smallest absolute Gasteiger partial charge is 0.408 e. The summed E-state index contributed by atoms with van der Waals surface area (Å²) in [7, 11) is 0. The van der Waals surface area contributed by atoms with Crippen molar-refractivity contribution >= 4 is 23.9 Å². The van der Waals surface area contributed by atoms with E-state index < -0.39 is 53.8 Å². The van der Waals surface area contributed by atoms with E-state index in [0.29, 0.717) is 0 Å². The van der Waals surface area contributed by atoms with Gasteiger partial charge in [0.05, 0.1) is 0 Å². The molecule has 9 heteroatoms. The SMILES string of the molecule is C=CC(=O)OC[C@H](NC(=O)OC(C)(C)C)C(=O)N[C@@H](C)C(=O)OC(C)(C)C. The fourth-order valence-corrected chi connectivity index (χ4v) is 1.62. The largest absolute Gasteiger partial charge is 0.460 e. The van der Waals surface area contributed by atoms with Crippen LogP contribution in [0.2, 0.25) is 0 Å². The summed E-state index contributed by atoms with van der Waals surface area (Å²) in [5.74, 6) is -2.15. The van der Waals surface area contributed by atoms with Crippen LogP contribution in [0.25, 0.3) is 0 Å². The van der Waals surface area contributed by atoms with E-state index in [2.05, 4.69) is 17.2 Å². The molecule has 2 N–H and O–H groups in total. The monoisotopic (exact) mass is 386 g/mol. The molecule has 0 aromatic heterocycles. The summed E-state index contributed by atoms with van der Waals surface area (Å²) >= 11 is 0. The van der Waals surface area contributed by atoms with Crippen LogP contribution in [0.1, 0.15) is 48.5 Å². The molecule has 0 fully saturated rings. The Kier molecular flexibility index (Phi) is 8.99. The van der Waals surface area contributed by atoms with Crippen LogP contribution in [0.3, 0.4) is 0 Å². The van der Waals surface area contributed by atoms with Crippen molar-refractivity contribution < 1.29 is 33.4 Å². The zero-order chi connectivity index (χ0) is 21.4. The van der Waals surface area contributed by atoms with Crippen molar-refractivity contribution in [3.8, 4) is 0 Å². The number of carbonyl (C=O) groups excluding carboxylic acids is 4. The lowest BCUT2D eigenvalue weighted by Gasteiger charge is -2.25. The number of nitrogens with one attached hydrogen (secondary N) is 2. The van der Waals surface area contributed by atoms with Gasteiger partial charge in [0.15, 0.2) is 0 Å². The summed E-state index contributed by atoms with van der Waals surface area (Å²) in [6.45, 7) is 14.3. The Labute approximate surface area is 159 Å². The second kappa shape index (κ2) is 9.94. The Bertz CT molecular complexity index is 573. The highest BCUT2D eigenvalue weighted by atomic mass is 16.6. The zero-order valence-electron chi connectivity index (χ0n) is 17.0. The van der Waals surface area contributed by atoms with Crippen LogP contribution in [0.15, 0.2) is 12.7 Å². The van der Waals surface area contributed by atoms with E-state index in [4.69, 9.17) is 14.2 Å². The highest BCUT2D eigenvalue weighted by Crippen LogP contribution is 2.09. The molecule has 0 saturated heterocycles. The number of esters is 2. The molecule has 2 atom stereocenters. The molecule has 27 heavy (non-hydrogen) atoms. The van der Waals surface area contributed by atoms with Crippen LogP contribution in [0, 0.1) is 0 Å². The lowest BCUT2D eigenvalue weighted by Crippen LogP contribution is -2.54. The van der Waals surface area contributed by atoms with Gasteiger partial charge < -0.3 is 24.8 Å². The van der Waals surface area contributed by atoms with Crippen molar-refractivity contribution in [3.05, 3.63) is 12.7 Å². The molecule has 0 unspecified atom stereocenters. The molecule has 154 valence electrons. The molecule has 0 rings (SSSR count). The molecule has 0 aliphatic carbocycles. The van der Waals surface area contributed by atoms with E-state index in [9.17, 15) is 19.2 Å². The van der Waals surface area contributed by atoms with E-state index in [-0.39, 0.29) is 0 Å². The highest BCUT2D eigenvalue weighted by Gasteiger charge is 2.29. The van der Waals surface area contributed by atoms with E-state index >= 15 is 0 Å². The van der Waals surface area contributed by atoms with Gasteiger partial charge in [-0.25, -0.2) is 14.4 Å². The maximum absolute atomic E-state index is 12.4. The summed E-state index contributed by atoms with van der Waals surface area (Å²) in [4.78, 5) is 47.6. The number of rotatable bonds is 7. The van der Waals surface area contributed by atoms with Gasteiger partial charge in [0.25, 0.3) is 0 Å². The lowest BCUT2D eigenvalue weighted by atomic mass is 10.2. The minimum atomic E-state index is -1.27. The van der Waals surface area contributed by atoms with Gasteiger partial charge >= 0.3 is 18.0 Å². The summed E-state index contributed by atoms with van der Waals surface area (Å²) in [6.07, 6.45) is 0.0494. The second-order valence-electron chi connectivity index (χ2n) is 7.80. The molecule has 0 heterocycles. The first-order chi connectivity index (χ1) is 12.1. The molecule has 0 aliphatic heterocycles. The lowest BCUT2D eigenvalue weighted by molar-refractivity contribution is -0.158. The van der Waals surface area contributed by atoms with E-state index in [1.54, 1.807) is 41.5 Å². The quantitative estimate of drug-likeness (QED) is 0.386. The van der Waals surface area contributed by atoms with Crippen molar-refractivity contribution in [3.63, 3.8) is 0 Å². The Morgan fingerprint density at radius 3 is 1.93 bits per heavy atom. The highest BCUT2D eigenvalue weighted by molar-refractivity contribution is 5.90. The number of carbonyl (C=O) groups is 4. The van der Waals surface area contributed by atoms with Gasteiger partial charge in [-0.15, -0.1) is 0 Å². The van der Waals surface area contributed by atoms with E-state index in [1.165, 1.54) is 6.92 Å². The normalized spacial score (nSPS) is 13.6. The van der Waals surface area contributed by atoms with Crippen molar-refractivity contribution in [1.82, 2.24) is 10.6 Å². The van der Waals surface area contributed by atoms with Crippen molar-refractivity contribution in [1.29, 1.82) is 0 Å². The number of ether oxygens (including phenoxy) is 3. The molecular formula is C18H30N2O7. The van der Waals surface area contributed by atoms with Gasteiger partial charge in [0.2, 0.25) is 5.91 Å². The molecule has 0 radical (unpaired) electrons. The summed E-state index contributed by atoms with van der Waals surface area (Å²) < 4.78 is 15.1. The van der Waals surface area contributed by atoms with Gasteiger partial charge in [-0.2, -0.15) is 0 Å². The maximum atomic E-state index is 12.4. The van der Waals surface area contributed by atoms with Gasteiger partial charge in [-0.1, -0.05) is 6.58 Å². The molecule has 2 amide bonds. The molecule has 0 aromatic rings. The fourth-order valence-electron chi connectivity index (χ4n) is 1.62. The average Bonchev–Trinajstić information content (AvgIpc) is 2.47. The molecule has 9 nitrogen and oxygen atoms in total. The van der Waals surface area contributed by atoms with Crippen LogP contribution in [0.5, 0.6) is 0 Å². The van der Waals surface area contributed by atoms with Crippen LogP contribution in [-0.4, -0.2) is 53.8 Å². The third-order valence-electron chi connectivity index (χ3n) is 2.69.